The molecule has 0 radical (unpaired) electrons. The number of aryl methyl sites for hydroxylation is 1. The van der Waals surface area contributed by atoms with Gasteiger partial charge in [0.05, 0.1) is 29.5 Å². The van der Waals surface area contributed by atoms with E-state index in [0.717, 1.165) is 12.0 Å². The lowest BCUT2D eigenvalue weighted by molar-refractivity contribution is 0.0954. The molecule has 0 heterocycles. The lowest BCUT2D eigenvalue weighted by atomic mass is 10.2. The highest BCUT2D eigenvalue weighted by Crippen LogP contribution is 2.34. The molecule has 0 bridgehead atoms. The third kappa shape index (κ3) is 7.64. The van der Waals surface area contributed by atoms with E-state index in [2.05, 4.69) is 10.5 Å². The summed E-state index contributed by atoms with van der Waals surface area (Å²) < 4.78 is 17.1. The largest absolute Gasteiger partial charge is 0.490 e. The zero-order valence-corrected chi connectivity index (χ0v) is 21.4. The molecule has 0 aliphatic heterocycles. The first-order valence-electron chi connectivity index (χ1n) is 11.3. The third-order valence-corrected chi connectivity index (χ3v) is 5.43. The minimum Gasteiger partial charge on any atom is -0.490 e. The van der Waals surface area contributed by atoms with E-state index in [-0.39, 0.29) is 5.91 Å². The van der Waals surface area contributed by atoms with Gasteiger partial charge in [-0.25, -0.2) is 5.43 Å². The van der Waals surface area contributed by atoms with Gasteiger partial charge in [-0.1, -0.05) is 60.0 Å². The highest BCUT2D eigenvalue weighted by atomic mass is 35.5. The lowest BCUT2D eigenvalue weighted by Gasteiger charge is -2.12. The van der Waals surface area contributed by atoms with Gasteiger partial charge in [0.1, 0.15) is 6.61 Å². The molecule has 0 aromatic heterocycles. The Kier molecular flexibility index (Phi) is 9.82. The van der Waals surface area contributed by atoms with Crippen LogP contribution in [0.1, 0.15) is 47.3 Å². The van der Waals surface area contributed by atoms with Gasteiger partial charge in [-0.3, -0.25) is 4.79 Å². The Labute approximate surface area is 215 Å². The van der Waals surface area contributed by atoms with Gasteiger partial charge in [-0.15, -0.1) is 0 Å². The summed E-state index contributed by atoms with van der Waals surface area (Å²) in [5, 5.41) is 4.72. The Balaban J connectivity index is 1.64. The predicted octanol–water partition coefficient (Wildman–Crippen LogP) is 6.83. The fraction of sp³-hybridized carbons (Fsp3) is 0.259. The quantitative estimate of drug-likeness (QED) is 0.225. The smallest absolute Gasteiger partial charge is 0.271 e. The second-order valence-corrected chi connectivity index (χ2v) is 8.54. The zero-order chi connectivity index (χ0) is 25.2. The minimum atomic E-state index is -0.389. The van der Waals surface area contributed by atoms with Crippen molar-refractivity contribution in [3.63, 3.8) is 0 Å². The molecule has 3 aromatic rings. The summed E-state index contributed by atoms with van der Waals surface area (Å²) in [6, 6.07) is 16.4. The molecule has 184 valence electrons. The Morgan fingerprint density at radius 1 is 0.943 bits per heavy atom. The number of carbonyl (C=O) groups excluding carboxylic acids is 1. The first-order valence-corrected chi connectivity index (χ1v) is 12.1. The van der Waals surface area contributed by atoms with Crippen molar-refractivity contribution in [1.29, 1.82) is 0 Å². The Hall–Kier alpha value is -3.22. The van der Waals surface area contributed by atoms with Crippen LogP contribution in [0.15, 0.2) is 59.7 Å². The molecular weight excluding hydrogens is 487 g/mol. The molecule has 3 rings (SSSR count). The van der Waals surface area contributed by atoms with E-state index in [1.54, 1.807) is 30.3 Å². The number of ether oxygens (including phenoxy) is 3. The van der Waals surface area contributed by atoms with Crippen LogP contribution in [0.2, 0.25) is 10.0 Å². The highest BCUT2D eigenvalue weighted by molar-refractivity contribution is 6.37. The average Bonchev–Trinajstić information content (AvgIpc) is 2.84. The fourth-order valence-corrected chi connectivity index (χ4v) is 3.72. The van der Waals surface area contributed by atoms with Crippen molar-refractivity contribution in [2.75, 3.05) is 13.2 Å². The van der Waals surface area contributed by atoms with Gasteiger partial charge < -0.3 is 14.2 Å². The fourth-order valence-electron chi connectivity index (χ4n) is 3.11. The van der Waals surface area contributed by atoms with Crippen molar-refractivity contribution in [3.05, 3.63) is 86.9 Å². The van der Waals surface area contributed by atoms with Gasteiger partial charge in [0, 0.05) is 5.56 Å². The van der Waals surface area contributed by atoms with Crippen LogP contribution in [0.3, 0.4) is 0 Å². The Morgan fingerprint density at radius 2 is 1.66 bits per heavy atom. The maximum atomic E-state index is 12.6. The molecule has 0 atom stereocenters. The SMILES string of the molecule is CCCOc1ccc(C(=O)N/N=C/c2cc(Cl)c(OCc3ccc(C)cc3)c(Cl)c2)cc1OCC. The van der Waals surface area contributed by atoms with Crippen LogP contribution in [0.5, 0.6) is 17.2 Å². The van der Waals surface area contributed by atoms with Crippen LogP contribution < -0.4 is 19.6 Å². The number of rotatable bonds is 11. The second kappa shape index (κ2) is 13.0. The molecule has 0 aliphatic carbocycles. The summed E-state index contributed by atoms with van der Waals surface area (Å²) in [5.74, 6) is 1.11. The van der Waals surface area contributed by atoms with Crippen molar-refractivity contribution >= 4 is 35.3 Å². The summed E-state index contributed by atoms with van der Waals surface area (Å²) in [6.07, 6.45) is 2.33. The molecule has 0 aliphatic rings. The maximum Gasteiger partial charge on any atom is 0.271 e. The molecule has 8 heteroatoms. The predicted molar refractivity (Wildman–Crippen MR) is 140 cm³/mol. The number of halogens is 2. The number of nitrogens with zero attached hydrogens (tertiary/aromatic N) is 1. The normalized spacial score (nSPS) is 10.9. The first kappa shape index (κ1) is 26.4. The van der Waals surface area contributed by atoms with Crippen molar-refractivity contribution in [2.24, 2.45) is 5.10 Å². The summed E-state index contributed by atoms with van der Waals surface area (Å²) in [5.41, 5.74) is 5.69. The van der Waals surface area contributed by atoms with Gasteiger partial charge in [0.15, 0.2) is 17.2 Å². The molecule has 1 N–H and O–H groups in total. The van der Waals surface area contributed by atoms with Crippen LogP contribution in [-0.2, 0) is 6.61 Å². The number of hydrazone groups is 1. The molecule has 35 heavy (non-hydrogen) atoms. The average molecular weight is 515 g/mol. The van der Waals surface area contributed by atoms with Gasteiger partial charge in [-0.2, -0.15) is 5.10 Å². The van der Waals surface area contributed by atoms with Gasteiger partial charge in [0.25, 0.3) is 5.91 Å². The van der Waals surface area contributed by atoms with Gasteiger partial charge >= 0.3 is 0 Å². The van der Waals surface area contributed by atoms with E-state index >= 15 is 0 Å². The van der Waals surface area contributed by atoms with Crippen molar-refractivity contribution in [2.45, 2.75) is 33.8 Å². The topological polar surface area (TPSA) is 69.2 Å². The van der Waals surface area contributed by atoms with Gasteiger partial charge in [-0.05, 0) is 61.7 Å². The van der Waals surface area contributed by atoms with Crippen LogP contribution >= 0.6 is 23.2 Å². The molecule has 6 nitrogen and oxygen atoms in total. The number of hydrogen-bond donors (Lipinski definition) is 1. The number of hydrogen-bond acceptors (Lipinski definition) is 5. The summed E-state index contributed by atoms with van der Waals surface area (Å²) >= 11 is 12.8. The van der Waals surface area contributed by atoms with Crippen LogP contribution in [0.25, 0.3) is 0 Å². The third-order valence-electron chi connectivity index (χ3n) is 4.87. The molecule has 0 unspecified atom stereocenters. The van der Waals surface area contributed by atoms with E-state index in [1.807, 2.05) is 45.0 Å². The second-order valence-electron chi connectivity index (χ2n) is 7.73. The minimum absolute atomic E-state index is 0.342. The van der Waals surface area contributed by atoms with Crippen LogP contribution in [-0.4, -0.2) is 25.3 Å². The molecule has 0 saturated heterocycles. The number of amides is 1. The molecule has 0 spiro atoms. The molecule has 0 fully saturated rings. The monoisotopic (exact) mass is 514 g/mol. The van der Waals surface area contributed by atoms with Crippen molar-refractivity contribution in [1.82, 2.24) is 5.43 Å². The maximum absolute atomic E-state index is 12.6. The number of nitrogens with one attached hydrogen (secondary N) is 1. The van der Waals surface area contributed by atoms with E-state index in [1.165, 1.54) is 11.8 Å². The van der Waals surface area contributed by atoms with Crippen molar-refractivity contribution in [3.8, 4) is 17.2 Å². The van der Waals surface area contributed by atoms with E-state index < -0.39 is 0 Å². The zero-order valence-electron chi connectivity index (χ0n) is 19.9. The molecule has 3 aromatic carbocycles. The number of carbonyl (C=O) groups is 1. The first-order chi connectivity index (χ1) is 16.9. The van der Waals surface area contributed by atoms with Crippen LogP contribution in [0, 0.1) is 6.92 Å². The van der Waals surface area contributed by atoms with E-state index in [0.29, 0.717) is 58.2 Å². The van der Waals surface area contributed by atoms with Crippen molar-refractivity contribution < 1.29 is 19.0 Å². The molecule has 0 saturated carbocycles. The van der Waals surface area contributed by atoms with E-state index in [9.17, 15) is 4.79 Å². The Morgan fingerprint density at radius 3 is 2.31 bits per heavy atom. The standard InChI is InChI=1S/C27H28Cl2N2O4/c1-4-12-34-24-11-10-21(15-25(24)33-5-2)27(32)31-30-16-20-13-22(28)26(23(29)14-20)35-17-19-8-6-18(3)7-9-19/h6-11,13-16H,4-5,12,17H2,1-3H3,(H,31,32)/b30-16+. The van der Waals surface area contributed by atoms with Crippen LogP contribution in [0.4, 0.5) is 0 Å². The molecule has 1 amide bonds. The summed E-state index contributed by atoms with van der Waals surface area (Å²) in [4.78, 5) is 12.6. The highest BCUT2D eigenvalue weighted by Gasteiger charge is 2.12. The lowest BCUT2D eigenvalue weighted by Crippen LogP contribution is -2.17. The number of benzene rings is 3. The summed E-state index contributed by atoms with van der Waals surface area (Å²) in [7, 11) is 0. The van der Waals surface area contributed by atoms with Gasteiger partial charge in [0.2, 0.25) is 0 Å². The summed E-state index contributed by atoms with van der Waals surface area (Å²) in [6.45, 7) is 7.28. The van der Waals surface area contributed by atoms with E-state index in [4.69, 9.17) is 37.4 Å². The Bertz CT molecular complexity index is 1160. The molecular formula is C27H28Cl2N2O4.